The van der Waals surface area contributed by atoms with Gasteiger partial charge in [0.05, 0.1) is 40.3 Å². The van der Waals surface area contributed by atoms with Crippen LogP contribution in [0.3, 0.4) is 0 Å². The zero-order valence-electron chi connectivity index (χ0n) is 20.6. The number of anilines is 1. The highest BCUT2D eigenvalue weighted by molar-refractivity contribution is 6.74. The molecule has 0 aliphatic carbocycles. The summed E-state index contributed by atoms with van der Waals surface area (Å²) < 4.78 is 53.2. The molecule has 3 aliphatic heterocycles. The minimum Gasteiger partial charge on any atom is -0.417 e. The maximum absolute atomic E-state index is 13.6. The van der Waals surface area contributed by atoms with Crippen molar-refractivity contribution in [3.05, 3.63) is 41.5 Å². The first-order chi connectivity index (χ1) is 16.0. The third-order valence-electron chi connectivity index (χ3n) is 8.01. The number of nitrogens with zero attached hydrogens (tertiary/aromatic N) is 2. The van der Waals surface area contributed by atoms with Crippen molar-refractivity contribution < 1.29 is 31.9 Å². The molecule has 0 radical (unpaired) electrons. The second-order valence-electron chi connectivity index (χ2n) is 11.2. The Labute approximate surface area is 203 Å². The Balaban J connectivity index is 1.65. The van der Waals surface area contributed by atoms with Crippen molar-refractivity contribution in [2.24, 2.45) is 11.8 Å². The average molecular weight is 507 g/mol. The molecule has 0 aromatic heterocycles. The number of benzene rings is 1. The molecule has 4 rings (SSSR count). The van der Waals surface area contributed by atoms with Crippen LogP contribution in [0.4, 0.5) is 18.9 Å². The molecule has 1 unspecified atom stereocenters. The van der Waals surface area contributed by atoms with Crippen LogP contribution in [-0.4, -0.2) is 37.9 Å². The average Bonchev–Trinajstić information content (AvgIpc) is 3.30. The fraction of sp³-hybridized carbons (Fsp3) is 0.560. The molecule has 188 valence electrons. The molecule has 4 atom stereocenters. The van der Waals surface area contributed by atoms with E-state index in [0.29, 0.717) is 19.1 Å². The molecule has 0 spiro atoms. The lowest BCUT2D eigenvalue weighted by molar-refractivity contribution is -0.138. The van der Waals surface area contributed by atoms with Gasteiger partial charge in [0.15, 0.2) is 8.32 Å². The second kappa shape index (κ2) is 7.76. The van der Waals surface area contributed by atoms with Crippen molar-refractivity contribution in [2.45, 2.75) is 69.6 Å². The summed E-state index contributed by atoms with van der Waals surface area (Å²) in [6.45, 7) is 12.7. The number of fused-ring (bicyclic) bond motifs is 5. The number of imide groups is 1. The van der Waals surface area contributed by atoms with Gasteiger partial charge in [0.2, 0.25) is 11.8 Å². The number of hydrogen-bond acceptors (Lipinski definition) is 5. The molecule has 2 fully saturated rings. The van der Waals surface area contributed by atoms with Crippen molar-refractivity contribution in [1.82, 2.24) is 0 Å². The van der Waals surface area contributed by atoms with Crippen LogP contribution in [0.1, 0.15) is 45.2 Å². The standard InChI is InChI=1S/C25H29F3N2O4Si/c1-22(2,3)35(5,6)33-12-11-24-10-9-23(4,34-24)18-19(24)21(32)30(20(18)31)16-8-7-15(14-29)17(13-16)25(26,27)28/h7-10,13,18-19H,11-12H2,1-6H3/t18-,19+,23-,24?/m1/s1. The first-order valence-electron chi connectivity index (χ1n) is 11.5. The SMILES string of the molecule is CC(C)(C)[Si](C)(C)OCCC12C=C[C@@](C)(O1)[C@H]1C(=O)N(c3ccc(C#N)c(C(F)(F)F)c3)C(=O)[C@H]12. The Morgan fingerprint density at radius 1 is 1.14 bits per heavy atom. The molecule has 0 saturated carbocycles. The molecule has 10 heteroatoms. The summed E-state index contributed by atoms with van der Waals surface area (Å²) in [5.41, 5.74) is -4.06. The van der Waals surface area contributed by atoms with Gasteiger partial charge in [-0.3, -0.25) is 9.59 Å². The van der Waals surface area contributed by atoms with Crippen molar-refractivity contribution in [3.63, 3.8) is 0 Å². The van der Waals surface area contributed by atoms with Crippen molar-refractivity contribution in [1.29, 1.82) is 5.26 Å². The van der Waals surface area contributed by atoms with E-state index < -0.39 is 60.5 Å². The van der Waals surface area contributed by atoms with Crippen LogP contribution in [0.5, 0.6) is 0 Å². The highest BCUT2D eigenvalue weighted by Crippen LogP contribution is 2.59. The van der Waals surface area contributed by atoms with E-state index in [1.165, 1.54) is 12.1 Å². The topological polar surface area (TPSA) is 79.6 Å². The number of alkyl halides is 3. The van der Waals surface area contributed by atoms with Crippen LogP contribution in [0.15, 0.2) is 30.4 Å². The van der Waals surface area contributed by atoms with Crippen LogP contribution >= 0.6 is 0 Å². The molecule has 2 saturated heterocycles. The number of hydrogen-bond donors (Lipinski definition) is 0. The monoisotopic (exact) mass is 506 g/mol. The first kappa shape index (κ1) is 25.6. The predicted molar refractivity (Wildman–Crippen MR) is 125 cm³/mol. The van der Waals surface area contributed by atoms with Crippen molar-refractivity contribution >= 4 is 25.8 Å². The summed E-state index contributed by atoms with van der Waals surface area (Å²) in [6.07, 6.45) is -0.881. The van der Waals surface area contributed by atoms with Gasteiger partial charge < -0.3 is 9.16 Å². The maximum atomic E-state index is 13.6. The predicted octanol–water partition coefficient (Wildman–Crippen LogP) is 5.19. The summed E-state index contributed by atoms with van der Waals surface area (Å²) in [7, 11) is -2.07. The highest BCUT2D eigenvalue weighted by Gasteiger charge is 2.72. The van der Waals surface area contributed by atoms with Gasteiger partial charge in [0.1, 0.15) is 5.60 Å². The summed E-state index contributed by atoms with van der Waals surface area (Å²) in [4.78, 5) is 27.8. The first-order valence-corrected chi connectivity index (χ1v) is 14.4. The van der Waals surface area contributed by atoms with Crippen LogP contribution in [0, 0.1) is 23.2 Å². The summed E-state index contributed by atoms with van der Waals surface area (Å²) >= 11 is 0. The normalized spacial score (nSPS) is 30.2. The van der Waals surface area contributed by atoms with E-state index in [4.69, 9.17) is 14.4 Å². The lowest BCUT2D eigenvalue weighted by atomic mass is 9.71. The number of ether oxygens (including phenoxy) is 1. The Kier molecular flexibility index (Phi) is 5.67. The summed E-state index contributed by atoms with van der Waals surface area (Å²) in [5.74, 6) is -2.91. The quantitative estimate of drug-likeness (QED) is 0.312. The maximum Gasteiger partial charge on any atom is 0.417 e. The molecule has 6 nitrogen and oxygen atoms in total. The number of rotatable bonds is 5. The fourth-order valence-corrected chi connectivity index (χ4v) is 6.13. The lowest BCUT2D eigenvalue weighted by Gasteiger charge is -2.37. The number of amides is 2. The highest BCUT2D eigenvalue weighted by atomic mass is 28.4. The van der Waals surface area contributed by atoms with Crippen LogP contribution in [0.25, 0.3) is 0 Å². The Morgan fingerprint density at radius 3 is 2.34 bits per heavy atom. The molecular formula is C25H29F3N2O4Si. The smallest absolute Gasteiger partial charge is 0.417 e. The van der Waals surface area contributed by atoms with Crippen molar-refractivity contribution in [2.75, 3.05) is 11.5 Å². The molecule has 2 bridgehead atoms. The van der Waals surface area contributed by atoms with E-state index in [0.717, 1.165) is 11.0 Å². The van der Waals surface area contributed by atoms with Crippen LogP contribution in [-0.2, 0) is 24.9 Å². The van der Waals surface area contributed by atoms with Gasteiger partial charge in [-0.05, 0) is 43.3 Å². The van der Waals surface area contributed by atoms with E-state index in [1.54, 1.807) is 19.1 Å². The van der Waals surface area contributed by atoms with E-state index in [-0.39, 0.29) is 10.7 Å². The van der Waals surface area contributed by atoms with Gasteiger partial charge in [-0.1, -0.05) is 32.9 Å². The third-order valence-corrected chi connectivity index (χ3v) is 12.5. The molecule has 35 heavy (non-hydrogen) atoms. The number of nitriles is 1. The van der Waals surface area contributed by atoms with E-state index in [1.807, 2.05) is 0 Å². The van der Waals surface area contributed by atoms with E-state index in [2.05, 4.69) is 33.9 Å². The van der Waals surface area contributed by atoms with E-state index >= 15 is 0 Å². The van der Waals surface area contributed by atoms with Crippen molar-refractivity contribution in [3.8, 4) is 6.07 Å². The Morgan fingerprint density at radius 2 is 1.77 bits per heavy atom. The lowest BCUT2D eigenvalue weighted by Crippen LogP contribution is -2.44. The number of halogens is 3. The van der Waals surface area contributed by atoms with Gasteiger partial charge >= 0.3 is 6.18 Å². The van der Waals surface area contributed by atoms with E-state index in [9.17, 15) is 22.8 Å². The molecule has 3 heterocycles. The van der Waals surface area contributed by atoms with Gasteiger partial charge in [0.25, 0.3) is 0 Å². The molecule has 1 aromatic rings. The van der Waals surface area contributed by atoms with Gasteiger partial charge in [-0.25, -0.2) is 4.90 Å². The Hall–Kier alpha value is -2.48. The second-order valence-corrected chi connectivity index (χ2v) is 16.0. The zero-order chi connectivity index (χ0) is 26.2. The molecule has 0 N–H and O–H groups in total. The van der Waals surface area contributed by atoms with Gasteiger partial charge in [0, 0.05) is 13.0 Å². The Bertz CT molecular complexity index is 1170. The fourth-order valence-electron chi connectivity index (χ4n) is 5.09. The summed E-state index contributed by atoms with van der Waals surface area (Å²) in [6, 6.07) is 4.40. The minimum atomic E-state index is -4.80. The zero-order valence-corrected chi connectivity index (χ0v) is 21.6. The molecule has 1 aromatic carbocycles. The number of carbonyl (C=O) groups excluding carboxylic acids is 2. The largest absolute Gasteiger partial charge is 0.417 e. The van der Waals surface area contributed by atoms with Crippen LogP contribution < -0.4 is 4.90 Å². The van der Waals surface area contributed by atoms with Crippen LogP contribution in [0.2, 0.25) is 18.1 Å². The molecular weight excluding hydrogens is 477 g/mol. The molecule has 3 aliphatic rings. The third kappa shape index (κ3) is 3.84. The number of carbonyl (C=O) groups is 2. The van der Waals surface area contributed by atoms with Gasteiger partial charge in [-0.15, -0.1) is 0 Å². The summed E-state index contributed by atoms with van der Waals surface area (Å²) in [5, 5.41) is 9.07. The molecule has 2 amide bonds. The van der Waals surface area contributed by atoms with Gasteiger partial charge in [-0.2, -0.15) is 18.4 Å². The minimum absolute atomic E-state index is 0.00845.